The van der Waals surface area contributed by atoms with Crippen LogP contribution in [0.25, 0.3) is 0 Å². The normalized spacial score (nSPS) is 30.1. The summed E-state index contributed by atoms with van der Waals surface area (Å²) in [5.41, 5.74) is 1.28. The minimum atomic E-state index is -4.94. The van der Waals surface area contributed by atoms with Crippen molar-refractivity contribution < 1.29 is 33.6 Å². The van der Waals surface area contributed by atoms with E-state index in [0.717, 1.165) is 17.6 Å². The Hall–Kier alpha value is 0.240. The molecule has 1 heterocycles. The first-order chi connectivity index (χ1) is 12.4. The molecule has 1 unspecified atom stereocenters. The molecule has 1 aromatic rings. The van der Waals surface area contributed by atoms with Crippen molar-refractivity contribution >= 4 is 34.1 Å². The van der Waals surface area contributed by atoms with Crippen LogP contribution in [-0.2, 0) is 21.4 Å². The van der Waals surface area contributed by atoms with Crippen molar-refractivity contribution in [3.8, 4) is 0 Å². The van der Waals surface area contributed by atoms with Crippen molar-refractivity contribution in [2.45, 2.75) is 56.6 Å². The zero-order chi connectivity index (χ0) is 20.4. The molecular weight excluding hydrogens is 435 g/mol. The van der Waals surface area contributed by atoms with E-state index in [4.69, 9.17) is 46.6 Å². The molecule has 1 saturated carbocycles. The van der Waals surface area contributed by atoms with Gasteiger partial charge in [0.2, 0.25) is 5.94 Å². The van der Waals surface area contributed by atoms with Crippen LogP contribution >= 0.6 is 23.2 Å². The molecule has 2 aliphatic rings. The molecular formula is C18H25Cl3O5S. The molecule has 1 aliphatic carbocycles. The van der Waals surface area contributed by atoms with E-state index in [1.807, 2.05) is 12.1 Å². The Labute approximate surface area is 175 Å². The zero-order valence-electron chi connectivity index (χ0n) is 15.6. The average molecular weight is 460 g/mol. The molecule has 27 heavy (non-hydrogen) atoms. The quantitative estimate of drug-likeness (QED) is 0.612. The summed E-state index contributed by atoms with van der Waals surface area (Å²) >= 11 is 12.2. The summed E-state index contributed by atoms with van der Waals surface area (Å²) in [7, 11) is -4.72. The molecule has 0 N–H and O–H groups in total. The maximum absolute atomic E-state index is 8.49. The van der Waals surface area contributed by atoms with Gasteiger partial charge in [-0.05, 0) is 44.7 Å². The van der Waals surface area contributed by atoms with Gasteiger partial charge in [0.15, 0.2) is 0 Å². The first kappa shape index (κ1) is 23.5. The maximum Gasteiger partial charge on any atom is 0.209 e. The van der Waals surface area contributed by atoms with Gasteiger partial charge in [0.1, 0.15) is 10.5 Å². The molecule has 1 aliphatic heterocycles. The van der Waals surface area contributed by atoms with E-state index in [1.165, 1.54) is 24.8 Å². The zero-order valence-corrected chi connectivity index (χ0v) is 18.7. The molecule has 9 heteroatoms. The Morgan fingerprint density at radius 3 is 2.37 bits per heavy atom. The molecule has 0 bridgehead atoms. The van der Waals surface area contributed by atoms with E-state index < -0.39 is 10.2 Å². The lowest BCUT2D eigenvalue weighted by Gasteiger charge is -2.46. The molecule has 154 valence electrons. The Bertz CT molecular complexity index is 632. The van der Waals surface area contributed by atoms with Crippen molar-refractivity contribution in [2.24, 2.45) is 11.8 Å². The van der Waals surface area contributed by atoms with E-state index >= 15 is 0 Å². The molecule has 5 nitrogen and oxygen atoms in total. The highest BCUT2D eigenvalue weighted by Gasteiger charge is 2.54. The lowest BCUT2D eigenvalue weighted by Crippen LogP contribution is -2.68. The van der Waals surface area contributed by atoms with E-state index in [-0.39, 0.29) is 10.9 Å². The fourth-order valence-electron chi connectivity index (χ4n) is 3.90. The summed E-state index contributed by atoms with van der Waals surface area (Å²) in [6.45, 7) is 7.25. The SMILES string of the molecule is C[C@@H]1CC[C@@H]2[C@@H](C1)OC[S+](Cc1ccc(Cl)c(Cl)c1)C2(C)C.[O-][Cl+3]([O-])([O-])[O-]. The van der Waals surface area contributed by atoms with Crippen molar-refractivity contribution in [3.05, 3.63) is 33.8 Å². The van der Waals surface area contributed by atoms with Crippen molar-refractivity contribution in [1.29, 1.82) is 0 Å². The van der Waals surface area contributed by atoms with Gasteiger partial charge in [-0.3, -0.25) is 0 Å². The van der Waals surface area contributed by atoms with Gasteiger partial charge in [0.25, 0.3) is 0 Å². The molecule has 3 rings (SSSR count). The smallest absolute Gasteiger partial charge is 0.209 e. The number of hydrogen-bond acceptors (Lipinski definition) is 5. The molecule has 2 fully saturated rings. The largest absolute Gasteiger partial charge is 0.332 e. The Kier molecular flexibility index (Phi) is 8.16. The average Bonchev–Trinajstić information content (AvgIpc) is 2.52. The van der Waals surface area contributed by atoms with Crippen LogP contribution in [0.5, 0.6) is 0 Å². The first-order valence-electron chi connectivity index (χ1n) is 8.72. The second kappa shape index (κ2) is 9.37. The highest BCUT2D eigenvalue weighted by molar-refractivity contribution is 7.97. The fraction of sp³-hybridized carbons (Fsp3) is 0.667. The third kappa shape index (κ3) is 6.91. The van der Waals surface area contributed by atoms with Crippen molar-refractivity contribution in [2.75, 3.05) is 5.94 Å². The molecule has 1 saturated heterocycles. The van der Waals surface area contributed by atoms with Crippen molar-refractivity contribution in [3.63, 3.8) is 0 Å². The van der Waals surface area contributed by atoms with Crippen LogP contribution < -0.4 is 18.6 Å². The molecule has 1 aromatic carbocycles. The standard InChI is InChI=1S/C18H25Cl2OS.ClHO4/c1-12-4-6-14-17(8-12)21-11-22(18(14,2)3)10-13-5-7-15(19)16(20)9-13;2-1(3,4)5/h5,7,9,12,14,17H,4,6,8,10-11H2,1-3H3;(H,2,3,4,5)/q+1;/p-1/t12-,14-,17-,22?;/m1./s1. The number of benzene rings is 1. The highest BCUT2D eigenvalue weighted by Crippen LogP contribution is 2.46. The third-order valence-corrected chi connectivity index (χ3v) is 9.07. The highest BCUT2D eigenvalue weighted by atomic mass is 35.7. The molecule has 0 amide bonds. The van der Waals surface area contributed by atoms with Crippen molar-refractivity contribution in [1.82, 2.24) is 0 Å². The predicted octanol–water partition coefficient (Wildman–Crippen LogP) is 0.927. The maximum atomic E-state index is 8.49. The number of ether oxygens (including phenoxy) is 1. The van der Waals surface area contributed by atoms with Gasteiger partial charge in [0.05, 0.1) is 16.1 Å². The van der Waals surface area contributed by atoms with Crippen LogP contribution in [0, 0.1) is 22.1 Å². The van der Waals surface area contributed by atoms with Gasteiger partial charge in [0, 0.05) is 22.4 Å². The van der Waals surface area contributed by atoms with E-state index in [0.29, 0.717) is 26.8 Å². The number of halogens is 3. The van der Waals surface area contributed by atoms with Gasteiger partial charge >= 0.3 is 0 Å². The molecule has 4 atom stereocenters. The summed E-state index contributed by atoms with van der Waals surface area (Å²) < 4.78 is 40.6. The summed E-state index contributed by atoms with van der Waals surface area (Å²) in [4.78, 5) is 0. The Balaban J connectivity index is 0.000000465. The molecule has 0 radical (unpaired) electrons. The van der Waals surface area contributed by atoms with Crippen LogP contribution in [0.1, 0.15) is 45.6 Å². The summed E-state index contributed by atoms with van der Waals surface area (Å²) in [6, 6.07) is 6.03. The van der Waals surface area contributed by atoms with E-state index in [1.54, 1.807) is 0 Å². The predicted molar refractivity (Wildman–Crippen MR) is 97.9 cm³/mol. The van der Waals surface area contributed by atoms with Crippen LogP contribution in [0.2, 0.25) is 10.0 Å². The second-order valence-electron chi connectivity index (χ2n) is 7.71. The van der Waals surface area contributed by atoms with Gasteiger partial charge in [-0.2, -0.15) is 0 Å². The summed E-state index contributed by atoms with van der Waals surface area (Å²) in [6.07, 6.45) is 4.36. The minimum Gasteiger partial charge on any atom is -0.332 e. The fourth-order valence-corrected chi connectivity index (χ4v) is 6.60. The first-order valence-corrected chi connectivity index (χ1v) is 12.3. The van der Waals surface area contributed by atoms with Crippen LogP contribution in [0.4, 0.5) is 0 Å². The number of rotatable bonds is 2. The lowest BCUT2D eigenvalue weighted by molar-refractivity contribution is -2.00. The van der Waals surface area contributed by atoms with Gasteiger partial charge in [-0.25, -0.2) is 18.6 Å². The third-order valence-electron chi connectivity index (χ3n) is 5.44. The topological polar surface area (TPSA) is 101 Å². The van der Waals surface area contributed by atoms with Gasteiger partial charge < -0.3 is 4.74 Å². The number of fused-ring (bicyclic) bond motifs is 1. The van der Waals surface area contributed by atoms with Crippen LogP contribution in [-0.4, -0.2) is 16.8 Å². The Morgan fingerprint density at radius 2 is 1.78 bits per heavy atom. The van der Waals surface area contributed by atoms with E-state index in [2.05, 4.69) is 26.8 Å². The number of hydrogen-bond donors (Lipinski definition) is 0. The van der Waals surface area contributed by atoms with Crippen LogP contribution in [0.3, 0.4) is 0 Å². The molecule has 0 spiro atoms. The second-order valence-corrected chi connectivity index (χ2v) is 11.8. The van der Waals surface area contributed by atoms with Crippen LogP contribution in [0.15, 0.2) is 18.2 Å². The molecule has 0 aromatic heterocycles. The summed E-state index contributed by atoms with van der Waals surface area (Å²) in [5, 5.41) is 1.29. The minimum absolute atomic E-state index is 0.226. The van der Waals surface area contributed by atoms with E-state index in [9.17, 15) is 0 Å². The lowest BCUT2D eigenvalue weighted by atomic mass is 9.75. The van der Waals surface area contributed by atoms with Gasteiger partial charge in [-0.1, -0.05) is 42.6 Å². The summed E-state index contributed by atoms with van der Waals surface area (Å²) in [5.74, 6) is 3.44. The monoisotopic (exact) mass is 458 g/mol. The Morgan fingerprint density at radius 1 is 1.15 bits per heavy atom. The van der Waals surface area contributed by atoms with Gasteiger partial charge in [-0.15, -0.1) is 10.2 Å².